The minimum atomic E-state index is -0.654. The van der Waals surface area contributed by atoms with Crippen LogP contribution in [-0.2, 0) is 16.1 Å². The lowest BCUT2D eigenvalue weighted by Gasteiger charge is -2.37. The zero-order valence-corrected chi connectivity index (χ0v) is 18.5. The Kier molecular flexibility index (Phi) is 6.17. The van der Waals surface area contributed by atoms with Crippen molar-refractivity contribution in [2.45, 2.75) is 31.5 Å². The van der Waals surface area contributed by atoms with E-state index >= 15 is 0 Å². The van der Waals surface area contributed by atoms with Gasteiger partial charge in [0.15, 0.2) is 11.5 Å². The first-order valence-corrected chi connectivity index (χ1v) is 11.5. The van der Waals surface area contributed by atoms with E-state index in [1.807, 2.05) is 18.2 Å². The number of benzene rings is 2. The highest BCUT2D eigenvalue weighted by Gasteiger charge is 2.35. The van der Waals surface area contributed by atoms with Crippen LogP contribution in [0.25, 0.3) is 0 Å². The lowest BCUT2D eigenvalue weighted by molar-refractivity contribution is -0.143. The molecule has 0 aromatic heterocycles. The van der Waals surface area contributed by atoms with Gasteiger partial charge in [0.2, 0.25) is 12.0 Å². The van der Waals surface area contributed by atoms with Gasteiger partial charge in [-0.05, 0) is 31.0 Å². The van der Waals surface area contributed by atoms with Crippen molar-refractivity contribution in [2.24, 2.45) is 0 Å². The molecule has 1 unspecified atom stereocenters. The summed E-state index contributed by atoms with van der Waals surface area (Å²) >= 11 is 0. The van der Waals surface area contributed by atoms with E-state index in [0.29, 0.717) is 49.8 Å². The SMILES string of the molecule is O=C(C1COc2ccccc2O1)N1CCN(CC(=O)N(Cc2ccccc2F)C2CC2)CC1. The van der Waals surface area contributed by atoms with Gasteiger partial charge in [-0.1, -0.05) is 30.3 Å². The van der Waals surface area contributed by atoms with Crippen molar-refractivity contribution >= 4 is 11.8 Å². The van der Waals surface area contributed by atoms with Crippen LogP contribution in [0.5, 0.6) is 11.5 Å². The van der Waals surface area contributed by atoms with E-state index in [0.717, 1.165) is 12.8 Å². The van der Waals surface area contributed by atoms with Crippen molar-refractivity contribution in [3.8, 4) is 11.5 Å². The molecule has 3 aliphatic rings. The third kappa shape index (κ3) is 4.95. The zero-order valence-electron chi connectivity index (χ0n) is 18.5. The quantitative estimate of drug-likeness (QED) is 0.672. The van der Waals surface area contributed by atoms with Crippen LogP contribution in [0.3, 0.4) is 0 Å². The van der Waals surface area contributed by atoms with Crippen LogP contribution in [0, 0.1) is 5.82 Å². The second kappa shape index (κ2) is 9.39. The van der Waals surface area contributed by atoms with Gasteiger partial charge >= 0.3 is 0 Å². The lowest BCUT2D eigenvalue weighted by Crippen LogP contribution is -2.55. The third-order valence-corrected chi connectivity index (χ3v) is 6.43. The Hall–Kier alpha value is -3.13. The number of hydrogen-bond donors (Lipinski definition) is 0. The molecule has 174 valence electrons. The van der Waals surface area contributed by atoms with Crippen LogP contribution in [0.4, 0.5) is 4.39 Å². The molecule has 0 bridgehead atoms. The lowest BCUT2D eigenvalue weighted by atomic mass is 10.2. The van der Waals surface area contributed by atoms with Crippen molar-refractivity contribution in [3.63, 3.8) is 0 Å². The Morgan fingerprint density at radius 1 is 0.970 bits per heavy atom. The minimum absolute atomic E-state index is 0.0150. The molecule has 0 N–H and O–H groups in total. The second-order valence-electron chi connectivity index (χ2n) is 8.81. The predicted molar refractivity (Wildman–Crippen MR) is 119 cm³/mol. The summed E-state index contributed by atoms with van der Waals surface area (Å²) in [6, 6.07) is 14.2. The first kappa shape index (κ1) is 21.7. The Morgan fingerprint density at radius 3 is 2.39 bits per heavy atom. The van der Waals surface area contributed by atoms with Gasteiger partial charge in [-0.25, -0.2) is 4.39 Å². The molecule has 1 atom stereocenters. The number of rotatable bonds is 6. The molecule has 1 saturated heterocycles. The average Bonchev–Trinajstić information content (AvgIpc) is 3.68. The maximum absolute atomic E-state index is 14.1. The van der Waals surface area contributed by atoms with Gasteiger partial charge in [-0.15, -0.1) is 0 Å². The molecule has 2 heterocycles. The normalized spacial score (nSPS) is 20.4. The molecule has 1 aliphatic carbocycles. The predicted octanol–water partition coefficient (Wildman–Crippen LogP) is 2.30. The minimum Gasteiger partial charge on any atom is -0.485 e. The van der Waals surface area contributed by atoms with Crippen molar-refractivity contribution in [1.29, 1.82) is 0 Å². The molecule has 2 aromatic rings. The van der Waals surface area contributed by atoms with Gasteiger partial charge < -0.3 is 19.3 Å². The average molecular weight is 454 g/mol. The Bertz CT molecular complexity index is 1020. The van der Waals surface area contributed by atoms with Gasteiger partial charge in [0.1, 0.15) is 12.4 Å². The van der Waals surface area contributed by atoms with Crippen molar-refractivity contribution < 1.29 is 23.5 Å². The highest BCUT2D eigenvalue weighted by atomic mass is 19.1. The molecule has 2 aliphatic heterocycles. The molecule has 2 aromatic carbocycles. The molecule has 0 radical (unpaired) electrons. The van der Waals surface area contributed by atoms with Gasteiger partial charge in [-0.3, -0.25) is 14.5 Å². The van der Waals surface area contributed by atoms with Crippen LogP contribution in [-0.4, -0.2) is 78.0 Å². The highest BCUT2D eigenvalue weighted by molar-refractivity contribution is 5.82. The molecule has 33 heavy (non-hydrogen) atoms. The number of fused-ring (bicyclic) bond motifs is 1. The van der Waals surface area contributed by atoms with Crippen LogP contribution in [0.1, 0.15) is 18.4 Å². The molecule has 8 heteroatoms. The fourth-order valence-corrected chi connectivity index (χ4v) is 4.37. The Labute approximate surface area is 192 Å². The zero-order chi connectivity index (χ0) is 22.8. The summed E-state index contributed by atoms with van der Waals surface area (Å²) in [6.07, 6.45) is 1.28. The Morgan fingerprint density at radius 2 is 1.67 bits per heavy atom. The molecule has 0 spiro atoms. The third-order valence-electron chi connectivity index (χ3n) is 6.43. The Balaban J connectivity index is 1.13. The molecular weight excluding hydrogens is 425 g/mol. The van der Waals surface area contributed by atoms with Crippen molar-refractivity contribution in [1.82, 2.24) is 14.7 Å². The standard InChI is InChI=1S/C25H28FN3O4/c26-20-6-2-1-5-18(20)15-29(19-9-10-19)24(30)16-27-11-13-28(14-12-27)25(31)23-17-32-21-7-3-4-8-22(21)33-23/h1-8,19,23H,9-17H2. The second-order valence-corrected chi connectivity index (χ2v) is 8.81. The van der Waals surface area contributed by atoms with E-state index in [-0.39, 0.29) is 36.8 Å². The monoisotopic (exact) mass is 453 g/mol. The largest absolute Gasteiger partial charge is 0.485 e. The number of hydrogen-bond acceptors (Lipinski definition) is 5. The molecular formula is C25H28FN3O4. The first-order valence-electron chi connectivity index (χ1n) is 11.5. The number of para-hydroxylation sites is 2. The van der Waals surface area contributed by atoms with Gasteiger partial charge in [0.05, 0.1) is 6.54 Å². The van der Waals surface area contributed by atoms with Gasteiger partial charge in [0.25, 0.3) is 5.91 Å². The number of halogens is 1. The number of nitrogens with zero attached hydrogens (tertiary/aromatic N) is 3. The van der Waals surface area contributed by atoms with E-state index in [1.54, 1.807) is 34.1 Å². The smallest absolute Gasteiger partial charge is 0.267 e. The first-order chi connectivity index (χ1) is 16.1. The van der Waals surface area contributed by atoms with Gasteiger partial charge in [-0.2, -0.15) is 0 Å². The number of piperazine rings is 1. The highest BCUT2D eigenvalue weighted by Crippen LogP contribution is 2.31. The molecule has 2 fully saturated rings. The summed E-state index contributed by atoms with van der Waals surface area (Å²) < 4.78 is 25.6. The van der Waals surface area contributed by atoms with Crippen LogP contribution >= 0.6 is 0 Å². The fourth-order valence-electron chi connectivity index (χ4n) is 4.37. The number of amides is 2. The van der Waals surface area contributed by atoms with Crippen LogP contribution < -0.4 is 9.47 Å². The van der Waals surface area contributed by atoms with Crippen LogP contribution in [0.15, 0.2) is 48.5 Å². The number of ether oxygens (including phenoxy) is 2. The van der Waals surface area contributed by atoms with Gasteiger partial charge in [0, 0.05) is 44.3 Å². The maximum Gasteiger partial charge on any atom is 0.267 e. The fraction of sp³-hybridized carbons (Fsp3) is 0.440. The van der Waals surface area contributed by atoms with Crippen molar-refractivity contribution in [3.05, 3.63) is 59.9 Å². The molecule has 5 rings (SSSR count). The van der Waals surface area contributed by atoms with E-state index in [1.165, 1.54) is 6.07 Å². The van der Waals surface area contributed by atoms with Crippen molar-refractivity contribution in [2.75, 3.05) is 39.3 Å². The molecule has 2 amide bonds. The number of carbonyl (C=O) groups excluding carboxylic acids is 2. The molecule has 1 saturated carbocycles. The summed E-state index contributed by atoms with van der Waals surface area (Å²) in [5.41, 5.74) is 0.546. The van der Waals surface area contributed by atoms with E-state index in [2.05, 4.69) is 4.90 Å². The van der Waals surface area contributed by atoms with E-state index in [4.69, 9.17) is 9.47 Å². The van der Waals surface area contributed by atoms with E-state index in [9.17, 15) is 14.0 Å². The summed E-state index contributed by atoms with van der Waals surface area (Å²) in [4.78, 5) is 31.6. The summed E-state index contributed by atoms with van der Waals surface area (Å²) in [6.45, 7) is 3.06. The molecule has 7 nitrogen and oxygen atoms in total. The summed E-state index contributed by atoms with van der Waals surface area (Å²) in [5, 5.41) is 0. The topological polar surface area (TPSA) is 62.3 Å². The summed E-state index contributed by atoms with van der Waals surface area (Å²) in [7, 11) is 0. The number of carbonyl (C=O) groups is 2. The summed E-state index contributed by atoms with van der Waals surface area (Å²) in [5.74, 6) is 0.886. The van der Waals surface area contributed by atoms with E-state index < -0.39 is 6.10 Å². The maximum atomic E-state index is 14.1. The van der Waals surface area contributed by atoms with Crippen LogP contribution in [0.2, 0.25) is 0 Å².